The summed E-state index contributed by atoms with van der Waals surface area (Å²) in [4.78, 5) is 46.9. The average molecular weight is 401 g/mol. The first-order valence-electron chi connectivity index (χ1n) is 9.07. The van der Waals surface area contributed by atoms with Gasteiger partial charge in [-0.3, -0.25) is 19.7 Å². The van der Waals surface area contributed by atoms with Crippen LogP contribution in [-0.4, -0.2) is 39.8 Å². The summed E-state index contributed by atoms with van der Waals surface area (Å²) < 4.78 is 7.02. The standard InChI is InChI=1S/C20H23N3O6/c1-5-22-12(2)9-17(14(22)4)18(24)11-29-20(26)13(3)21-19(25)15-7-6-8-16(10-15)23(27)28/h6-10,13H,5,11H2,1-4H3,(H,21,25)/t13-/m0/s1. The second kappa shape index (κ2) is 9.13. The van der Waals surface area contributed by atoms with E-state index in [0.29, 0.717) is 5.56 Å². The molecule has 9 nitrogen and oxygen atoms in total. The van der Waals surface area contributed by atoms with E-state index in [1.54, 1.807) is 6.07 Å². The Labute approximate surface area is 167 Å². The highest BCUT2D eigenvalue weighted by Crippen LogP contribution is 2.16. The number of nitro groups is 1. The molecule has 0 unspecified atom stereocenters. The number of ketones is 1. The highest BCUT2D eigenvalue weighted by atomic mass is 16.6. The van der Waals surface area contributed by atoms with Gasteiger partial charge in [-0.2, -0.15) is 0 Å². The molecule has 1 amide bonds. The number of aromatic nitrogens is 1. The van der Waals surface area contributed by atoms with Crippen molar-refractivity contribution < 1.29 is 24.0 Å². The number of nitrogens with one attached hydrogen (secondary N) is 1. The molecule has 0 aliphatic rings. The van der Waals surface area contributed by atoms with Crippen LogP contribution in [0.2, 0.25) is 0 Å². The summed E-state index contributed by atoms with van der Waals surface area (Å²) in [5.74, 6) is -1.76. The number of aryl methyl sites for hydroxylation is 1. The summed E-state index contributed by atoms with van der Waals surface area (Å²) in [6.45, 7) is 7.39. The molecule has 29 heavy (non-hydrogen) atoms. The number of Topliss-reactive ketones (excluding diaryl/α,β-unsaturated/α-hetero) is 1. The molecule has 2 rings (SSSR count). The van der Waals surface area contributed by atoms with Gasteiger partial charge < -0.3 is 14.6 Å². The van der Waals surface area contributed by atoms with Gasteiger partial charge in [-0.25, -0.2) is 4.79 Å². The van der Waals surface area contributed by atoms with Crippen molar-refractivity contribution in [2.24, 2.45) is 0 Å². The van der Waals surface area contributed by atoms with E-state index in [1.165, 1.54) is 25.1 Å². The van der Waals surface area contributed by atoms with E-state index < -0.39 is 29.4 Å². The number of hydrogen-bond acceptors (Lipinski definition) is 6. The van der Waals surface area contributed by atoms with Crippen molar-refractivity contribution in [1.82, 2.24) is 9.88 Å². The van der Waals surface area contributed by atoms with Crippen molar-refractivity contribution in [2.45, 2.75) is 40.3 Å². The van der Waals surface area contributed by atoms with Gasteiger partial charge in [0.15, 0.2) is 6.61 Å². The Bertz CT molecular complexity index is 963. The maximum Gasteiger partial charge on any atom is 0.328 e. The van der Waals surface area contributed by atoms with Crippen molar-refractivity contribution in [1.29, 1.82) is 0 Å². The minimum absolute atomic E-state index is 0.0435. The molecular formula is C20H23N3O6. The van der Waals surface area contributed by atoms with Gasteiger partial charge in [-0.1, -0.05) is 6.07 Å². The van der Waals surface area contributed by atoms with Gasteiger partial charge in [0, 0.05) is 41.2 Å². The molecule has 1 aromatic carbocycles. The van der Waals surface area contributed by atoms with Crippen LogP contribution in [0.5, 0.6) is 0 Å². The van der Waals surface area contributed by atoms with Gasteiger partial charge in [-0.05, 0) is 39.8 Å². The van der Waals surface area contributed by atoms with Crippen LogP contribution in [0.25, 0.3) is 0 Å². The molecule has 0 saturated heterocycles. The number of nitro benzene ring substituents is 1. The van der Waals surface area contributed by atoms with Crippen LogP contribution in [0.1, 0.15) is 46.0 Å². The van der Waals surface area contributed by atoms with Crippen LogP contribution >= 0.6 is 0 Å². The number of esters is 1. The smallest absolute Gasteiger partial charge is 0.328 e. The highest BCUT2D eigenvalue weighted by molar-refractivity contribution is 6.00. The third kappa shape index (κ3) is 5.07. The van der Waals surface area contributed by atoms with Crippen LogP contribution in [0.3, 0.4) is 0 Å². The normalized spacial score (nSPS) is 11.6. The molecule has 9 heteroatoms. The second-order valence-corrected chi connectivity index (χ2v) is 6.56. The van der Waals surface area contributed by atoms with E-state index in [2.05, 4.69) is 5.32 Å². The number of carbonyl (C=O) groups is 3. The first-order chi connectivity index (χ1) is 13.6. The topological polar surface area (TPSA) is 121 Å². The first-order valence-corrected chi connectivity index (χ1v) is 9.07. The molecular weight excluding hydrogens is 378 g/mol. The van der Waals surface area contributed by atoms with Gasteiger partial charge in [0.1, 0.15) is 6.04 Å². The molecule has 0 bridgehead atoms. The summed E-state index contributed by atoms with van der Waals surface area (Å²) in [6, 6.07) is 5.87. The van der Waals surface area contributed by atoms with Crippen molar-refractivity contribution in [3.63, 3.8) is 0 Å². The molecule has 1 heterocycles. The lowest BCUT2D eigenvalue weighted by atomic mass is 10.1. The molecule has 0 aliphatic carbocycles. The Balaban J connectivity index is 1.95. The predicted molar refractivity (Wildman–Crippen MR) is 105 cm³/mol. The largest absolute Gasteiger partial charge is 0.456 e. The van der Waals surface area contributed by atoms with E-state index in [-0.39, 0.29) is 17.0 Å². The van der Waals surface area contributed by atoms with Crippen molar-refractivity contribution in [2.75, 3.05) is 6.61 Å². The summed E-state index contributed by atoms with van der Waals surface area (Å²) in [5, 5.41) is 13.2. The van der Waals surface area contributed by atoms with Gasteiger partial charge in [0.05, 0.1) is 4.92 Å². The lowest BCUT2D eigenvalue weighted by Gasteiger charge is -2.13. The van der Waals surface area contributed by atoms with Crippen LogP contribution in [0, 0.1) is 24.0 Å². The van der Waals surface area contributed by atoms with Crippen molar-refractivity contribution in [3.8, 4) is 0 Å². The number of rotatable bonds is 8. The van der Waals surface area contributed by atoms with E-state index in [0.717, 1.165) is 24.0 Å². The van der Waals surface area contributed by atoms with Gasteiger partial charge >= 0.3 is 5.97 Å². The maximum absolute atomic E-state index is 12.4. The molecule has 0 saturated carbocycles. The quantitative estimate of drug-likeness (QED) is 0.314. The molecule has 1 N–H and O–H groups in total. The summed E-state index contributed by atoms with van der Waals surface area (Å²) in [7, 11) is 0. The second-order valence-electron chi connectivity index (χ2n) is 6.56. The lowest BCUT2D eigenvalue weighted by Crippen LogP contribution is -2.40. The van der Waals surface area contributed by atoms with Crippen molar-refractivity contribution in [3.05, 3.63) is 63.0 Å². The number of benzene rings is 1. The number of carbonyl (C=O) groups excluding carboxylic acids is 3. The maximum atomic E-state index is 12.4. The molecule has 0 fully saturated rings. The van der Waals surface area contributed by atoms with Crippen LogP contribution in [0.4, 0.5) is 5.69 Å². The Morgan fingerprint density at radius 1 is 1.24 bits per heavy atom. The molecule has 154 valence electrons. The van der Waals surface area contributed by atoms with E-state index in [9.17, 15) is 24.5 Å². The number of amides is 1. The van der Waals surface area contributed by atoms with Crippen LogP contribution in [0.15, 0.2) is 30.3 Å². The van der Waals surface area contributed by atoms with Crippen LogP contribution in [-0.2, 0) is 16.1 Å². The van der Waals surface area contributed by atoms with E-state index >= 15 is 0 Å². The Hall–Kier alpha value is -3.49. The zero-order valence-electron chi connectivity index (χ0n) is 16.7. The number of ether oxygens (including phenoxy) is 1. The molecule has 2 aromatic rings. The van der Waals surface area contributed by atoms with Crippen LogP contribution < -0.4 is 5.32 Å². The fourth-order valence-corrected chi connectivity index (χ4v) is 3.01. The van der Waals surface area contributed by atoms with Crippen molar-refractivity contribution >= 4 is 23.3 Å². The zero-order chi connectivity index (χ0) is 21.7. The zero-order valence-corrected chi connectivity index (χ0v) is 16.7. The molecule has 0 aliphatic heterocycles. The Kier molecular flexibility index (Phi) is 6.87. The Morgan fingerprint density at radius 3 is 2.52 bits per heavy atom. The molecule has 1 aromatic heterocycles. The minimum atomic E-state index is -1.03. The number of non-ortho nitro benzene ring substituents is 1. The average Bonchev–Trinajstić information content (AvgIpc) is 2.99. The predicted octanol–water partition coefficient (Wildman–Crippen LogP) is 2.58. The minimum Gasteiger partial charge on any atom is -0.456 e. The molecule has 0 spiro atoms. The first kappa shape index (κ1) is 21.8. The monoisotopic (exact) mass is 401 g/mol. The van der Waals surface area contributed by atoms with E-state index in [1.807, 2.05) is 25.3 Å². The number of hydrogen-bond donors (Lipinski definition) is 1. The fraction of sp³-hybridized carbons (Fsp3) is 0.350. The third-order valence-corrected chi connectivity index (χ3v) is 4.56. The highest BCUT2D eigenvalue weighted by Gasteiger charge is 2.22. The summed E-state index contributed by atoms with van der Waals surface area (Å²) >= 11 is 0. The van der Waals surface area contributed by atoms with Gasteiger partial charge in [-0.15, -0.1) is 0 Å². The van der Waals surface area contributed by atoms with E-state index in [4.69, 9.17) is 4.74 Å². The van der Waals surface area contributed by atoms with Gasteiger partial charge in [0.25, 0.3) is 11.6 Å². The van der Waals surface area contributed by atoms with Gasteiger partial charge in [0.2, 0.25) is 5.78 Å². The molecule has 1 atom stereocenters. The Morgan fingerprint density at radius 2 is 1.93 bits per heavy atom. The number of nitrogens with zero attached hydrogens (tertiary/aromatic N) is 2. The summed E-state index contributed by atoms with van der Waals surface area (Å²) in [5.41, 5.74) is 2.05. The lowest BCUT2D eigenvalue weighted by molar-refractivity contribution is -0.384. The SMILES string of the molecule is CCn1c(C)cc(C(=O)COC(=O)[C@H](C)NC(=O)c2cccc([N+](=O)[O-])c2)c1C. The summed E-state index contributed by atoms with van der Waals surface area (Å²) in [6.07, 6.45) is 0. The fourth-order valence-electron chi connectivity index (χ4n) is 3.01. The molecule has 0 radical (unpaired) electrons. The third-order valence-electron chi connectivity index (χ3n) is 4.56.